The third-order valence-corrected chi connectivity index (χ3v) is 12.3. The predicted octanol–water partition coefficient (Wildman–Crippen LogP) is 15.4. The molecule has 0 aromatic rings. The van der Waals surface area contributed by atoms with Crippen molar-refractivity contribution in [3.8, 4) is 0 Å². The highest BCUT2D eigenvalue weighted by atomic mass is 31.2. The maximum absolute atomic E-state index is 12.7. The zero-order chi connectivity index (χ0) is 43.4. The minimum Gasteiger partial charge on any atom is -0.457 e. The van der Waals surface area contributed by atoms with Crippen LogP contribution in [-0.2, 0) is 27.9 Å². The lowest BCUT2D eigenvalue weighted by molar-refractivity contribution is -0.870. The van der Waals surface area contributed by atoms with Crippen molar-refractivity contribution in [3.63, 3.8) is 0 Å². The van der Waals surface area contributed by atoms with Crippen molar-refractivity contribution in [2.75, 3.05) is 54.1 Å². The molecule has 0 heterocycles. The Kier molecular flexibility index (Phi) is 43.3. The molecule has 0 aliphatic rings. The van der Waals surface area contributed by atoms with Gasteiger partial charge in [-0.3, -0.25) is 13.8 Å². The molecule has 0 spiro atoms. The van der Waals surface area contributed by atoms with E-state index in [-0.39, 0.29) is 25.8 Å². The fourth-order valence-corrected chi connectivity index (χ4v) is 8.11. The van der Waals surface area contributed by atoms with E-state index in [1.807, 2.05) is 21.1 Å². The van der Waals surface area contributed by atoms with E-state index >= 15 is 0 Å². The number of phosphoric ester groups is 1. The van der Waals surface area contributed by atoms with Gasteiger partial charge < -0.3 is 18.9 Å². The van der Waals surface area contributed by atoms with Crippen molar-refractivity contribution < 1.29 is 37.3 Å². The summed E-state index contributed by atoms with van der Waals surface area (Å²) in [6, 6.07) is 0. The molecule has 0 aromatic heterocycles. The second-order valence-corrected chi connectivity index (χ2v) is 20.0. The molecule has 0 bridgehead atoms. The summed E-state index contributed by atoms with van der Waals surface area (Å²) in [5.41, 5.74) is 0. The normalized spacial score (nSPS) is 13.7. The van der Waals surface area contributed by atoms with Crippen LogP contribution in [0.15, 0.2) is 12.2 Å². The highest BCUT2D eigenvalue weighted by Crippen LogP contribution is 2.43. The molecule has 1 N–H and O–H groups in total. The molecule has 0 saturated heterocycles. The summed E-state index contributed by atoms with van der Waals surface area (Å²) in [4.78, 5) is 23.0. The van der Waals surface area contributed by atoms with Crippen LogP contribution in [0.3, 0.4) is 0 Å². The maximum atomic E-state index is 12.7. The largest absolute Gasteiger partial charge is 0.472 e. The first-order chi connectivity index (χ1) is 28.6. The first-order valence-corrected chi connectivity index (χ1v) is 26.9. The van der Waals surface area contributed by atoms with E-state index < -0.39 is 13.9 Å². The van der Waals surface area contributed by atoms with Gasteiger partial charge in [-0.25, -0.2) is 4.57 Å². The fourth-order valence-electron chi connectivity index (χ4n) is 7.37. The number of quaternary nitrogens is 1. The van der Waals surface area contributed by atoms with Crippen LogP contribution < -0.4 is 0 Å². The zero-order valence-electron chi connectivity index (χ0n) is 40.0. The Labute approximate surface area is 367 Å². The summed E-state index contributed by atoms with van der Waals surface area (Å²) in [5.74, 6) is -0.309. The molecule has 0 aromatic carbocycles. The minimum absolute atomic E-state index is 0.0922. The van der Waals surface area contributed by atoms with E-state index in [1.165, 1.54) is 193 Å². The van der Waals surface area contributed by atoms with Crippen LogP contribution >= 0.6 is 7.82 Å². The average molecular weight is 859 g/mol. The van der Waals surface area contributed by atoms with Gasteiger partial charge in [0.2, 0.25) is 0 Å². The number of carbonyl (C=O) groups excluding carboxylic acids is 1. The van der Waals surface area contributed by atoms with Gasteiger partial charge in [0, 0.05) is 13.0 Å². The van der Waals surface area contributed by atoms with Crippen LogP contribution in [0.25, 0.3) is 0 Å². The smallest absolute Gasteiger partial charge is 0.457 e. The number of nitrogens with zero attached hydrogens (tertiary/aromatic N) is 1. The number of rotatable bonds is 48. The molecule has 2 atom stereocenters. The van der Waals surface area contributed by atoms with Crippen LogP contribution in [0.5, 0.6) is 0 Å². The molecule has 2 unspecified atom stereocenters. The Morgan fingerprint density at radius 3 is 1.29 bits per heavy atom. The summed E-state index contributed by atoms with van der Waals surface area (Å²) in [6.45, 7) is 5.68. The summed E-state index contributed by atoms with van der Waals surface area (Å²) in [6.07, 6.45) is 49.7. The second-order valence-electron chi connectivity index (χ2n) is 18.6. The van der Waals surface area contributed by atoms with Gasteiger partial charge >= 0.3 is 13.8 Å². The number of allylic oxidation sites excluding steroid dienone is 2. The van der Waals surface area contributed by atoms with Crippen molar-refractivity contribution in [1.29, 1.82) is 0 Å². The lowest BCUT2D eigenvalue weighted by Crippen LogP contribution is -2.37. The molecule has 0 aliphatic heterocycles. The highest BCUT2D eigenvalue weighted by molar-refractivity contribution is 7.47. The number of phosphoric acid groups is 1. The number of hydrogen-bond donors (Lipinski definition) is 1. The van der Waals surface area contributed by atoms with E-state index in [1.54, 1.807) is 0 Å². The van der Waals surface area contributed by atoms with Crippen LogP contribution in [0, 0.1) is 0 Å². The Balaban J connectivity index is 4.07. The molecule has 0 saturated carbocycles. The zero-order valence-corrected chi connectivity index (χ0v) is 40.9. The van der Waals surface area contributed by atoms with E-state index in [0.717, 1.165) is 32.1 Å². The summed E-state index contributed by atoms with van der Waals surface area (Å²) in [7, 11) is 1.68. The van der Waals surface area contributed by atoms with Gasteiger partial charge in [0.05, 0.1) is 34.4 Å². The second kappa shape index (κ2) is 43.9. The van der Waals surface area contributed by atoms with E-state index in [2.05, 4.69) is 26.0 Å². The van der Waals surface area contributed by atoms with Crippen LogP contribution in [0.1, 0.15) is 245 Å². The quantitative estimate of drug-likeness (QED) is 0.0214. The molecule has 8 nitrogen and oxygen atoms in total. The predicted molar refractivity (Wildman–Crippen MR) is 252 cm³/mol. The summed E-state index contributed by atoms with van der Waals surface area (Å²) >= 11 is 0. The Morgan fingerprint density at radius 2 is 0.881 bits per heavy atom. The van der Waals surface area contributed by atoms with Crippen LogP contribution in [0.4, 0.5) is 0 Å². The van der Waals surface area contributed by atoms with Gasteiger partial charge in [0.15, 0.2) is 0 Å². The van der Waals surface area contributed by atoms with Crippen LogP contribution in [-0.4, -0.2) is 75.6 Å². The number of esters is 1. The van der Waals surface area contributed by atoms with Crippen molar-refractivity contribution in [2.24, 2.45) is 0 Å². The van der Waals surface area contributed by atoms with Crippen molar-refractivity contribution >= 4 is 13.8 Å². The number of unbranched alkanes of at least 4 members (excludes halogenated alkanes) is 32. The number of ether oxygens (including phenoxy) is 2. The van der Waals surface area contributed by atoms with E-state index in [4.69, 9.17) is 18.5 Å². The van der Waals surface area contributed by atoms with Gasteiger partial charge in [0.25, 0.3) is 0 Å². The summed E-state index contributed by atoms with van der Waals surface area (Å²) in [5, 5.41) is 0. The molecular formula is C50H101NO7P+. The molecule has 0 radical (unpaired) electrons. The Hall–Kier alpha value is -0.760. The minimum atomic E-state index is -4.27. The lowest BCUT2D eigenvalue weighted by atomic mass is 10.0. The average Bonchev–Trinajstić information content (AvgIpc) is 3.19. The SMILES string of the molecule is CCCCCCCCCC/C=C\CCCCCCCCCCCCCC(=O)OC(COCCCCCCCCCCCCCCCC)COP(=O)(O)OCC[N+](C)(C)C. The molecule has 9 heteroatoms. The number of carbonyl (C=O) groups is 1. The topological polar surface area (TPSA) is 91.3 Å². The first-order valence-electron chi connectivity index (χ1n) is 25.4. The van der Waals surface area contributed by atoms with E-state index in [0.29, 0.717) is 24.1 Å². The molecule has 0 fully saturated rings. The van der Waals surface area contributed by atoms with Crippen molar-refractivity contribution in [2.45, 2.75) is 251 Å². The van der Waals surface area contributed by atoms with Crippen molar-refractivity contribution in [1.82, 2.24) is 0 Å². The monoisotopic (exact) mass is 859 g/mol. The van der Waals surface area contributed by atoms with Gasteiger partial charge in [0.1, 0.15) is 19.3 Å². The molecule has 59 heavy (non-hydrogen) atoms. The fraction of sp³-hybridized carbons (Fsp3) is 0.940. The number of likely N-dealkylation sites (N-methyl/N-ethyl adjacent to an activating group) is 1. The first kappa shape index (κ1) is 58.2. The third-order valence-electron chi connectivity index (χ3n) is 11.3. The van der Waals surface area contributed by atoms with Gasteiger partial charge in [-0.05, 0) is 38.5 Å². The van der Waals surface area contributed by atoms with Gasteiger partial charge in [-0.2, -0.15) is 0 Å². The molecule has 352 valence electrons. The maximum Gasteiger partial charge on any atom is 0.472 e. The number of hydrogen-bond acceptors (Lipinski definition) is 6. The third kappa shape index (κ3) is 48.1. The molecular weight excluding hydrogens is 758 g/mol. The molecule has 0 aliphatic carbocycles. The summed E-state index contributed by atoms with van der Waals surface area (Å²) < 4.78 is 35.1. The standard InChI is InChI=1S/C50H100NO7P/c1-6-8-10-12-14-16-18-20-22-23-24-25-26-27-28-29-30-31-33-35-37-39-41-43-50(52)58-49(48-57-59(53,54)56-46-44-51(3,4)5)47-55-45-42-40-38-36-34-32-21-19-17-15-13-11-9-7-2/h23-24,49H,6-22,25-48H2,1-5H3/p+1/b24-23-. The highest BCUT2D eigenvalue weighted by Gasteiger charge is 2.26. The van der Waals surface area contributed by atoms with Crippen LogP contribution in [0.2, 0.25) is 0 Å². The molecule has 0 rings (SSSR count). The van der Waals surface area contributed by atoms with Crippen molar-refractivity contribution in [3.05, 3.63) is 12.2 Å². The Morgan fingerprint density at radius 1 is 0.508 bits per heavy atom. The lowest BCUT2D eigenvalue weighted by Gasteiger charge is -2.24. The molecule has 0 amide bonds. The van der Waals surface area contributed by atoms with Gasteiger partial charge in [-0.1, -0.05) is 212 Å². The van der Waals surface area contributed by atoms with E-state index in [9.17, 15) is 14.3 Å². The van der Waals surface area contributed by atoms with Gasteiger partial charge in [-0.15, -0.1) is 0 Å². The Bertz CT molecular complexity index is 956.